The Bertz CT molecular complexity index is 481. The first-order valence-corrected chi connectivity index (χ1v) is 6.91. The maximum Gasteiger partial charge on any atom is 0.205 e. The summed E-state index contributed by atoms with van der Waals surface area (Å²) in [5.41, 5.74) is 1.20. The van der Waals surface area contributed by atoms with Gasteiger partial charge in [0.05, 0.1) is 6.61 Å². The number of hydrogen-bond donors (Lipinski definition) is 1. The number of aromatic nitrogens is 2. The van der Waals surface area contributed by atoms with Crippen LogP contribution in [-0.4, -0.2) is 16.8 Å². The second-order valence-corrected chi connectivity index (χ2v) is 4.85. The number of nitrogens with one attached hydrogen (secondary N) is 1. The summed E-state index contributed by atoms with van der Waals surface area (Å²) in [5.74, 6) is 0.908. The Morgan fingerprint density at radius 2 is 1.94 bits per heavy atom. The minimum absolute atomic E-state index is 0.697. The Kier molecular flexibility index (Phi) is 4.52. The lowest BCUT2D eigenvalue weighted by atomic mass is 10.2. The molecule has 0 atom stereocenters. The van der Waals surface area contributed by atoms with Crippen molar-refractivity contribution >= 4 is 16.5 Å². The van der Waals surface area contributed by atoms with Gasteiger partial charge in [0.25, 0.3) is 0 Å². The second kappa shape index (κ2) is 6.35. The van der Waals surface area contributed by atoms with Crippen molar-refractivity contribution in [2.75, 3.05) is 11.9 Å². The number of rotatable bonds is 6. The first-order valence-electron chi connectivity index (χ1n) is 6.09. The molecule has 18 heavy (non-hydrogen) atoms. The van der Waals surface area contributed by atoms with E-state index in [1.54, 1.807) is 11.3 Å². The van der Waals surface area contributed by atoms with E-state index in [9.17, 15) is 0 Å². The maximum atomic E-state index is 5.40. The summed E-state index contributed by atoms with van der Waals surface area (Å²) in [5, 5.41) is 13.4. The Labute approximate surface area is 111 Å². The Morgan fingerprint density at radius 1 is 1.17 bits per heavy atom. The highest BCUT2D eigenvalue weighted by molar-refractivity contribution is 7.15. The van der Waals surface area contributed by atoms with E-state index >= 15 is 0 Å². The van der Waals surface area contributed by atoms with Crippen molar-refractivity contribution < 1.29 is 4.74 Å². The predicted molar refractivity (Wildman–Crippen MR) is 74.2 cm³/mol. The summed E-state index contributed by atoms with van der Waals surface area (Å²) in [6.45, 7) is 5.51. The summed E-state index contributed by atoms with van der Waals surface area (Å²) in [6, 6.07) is 8.08. The summed E-state index contributed by atoms with van der Waals surface area (Å²) >= 11 is 1.61. The zero-order chi connectivity index (χ0) is 12.8. The molecule has 0 aliphatic carbocycles. The van der Waals surface area contributed by atoms with Gasteiger partial charge in [-0.1, -0.05) is 30.4 Å². The van der Waals surface area contributed by atoms with Crippen molar-refractivity contribution in [3.63, 3.8) is 0 Å². The van der Waals surface area contributed by atoms with Crippen LogP contribution in [0.3, 0.4) is 0 Å². The molecule has 0 saturated carbocycles. The number of benzene rings is 1. The fourth-order valence-electron chi connectivity index (χ4n) is 1.52. The molecule has 2 aromatic rings. The number of nitrogens with zero attached hydrogens (tertiary/aromatic N) is 2. The Morgan fingerprint density at radius 3 is 2.56 bits per heavy atom. The molecule has 0 unspecified atom stereocenters. The van der Waals surface area contributed by atoms with Crippen LogP contribution in [0.15, 0.2) is 24.3 Å². The molecule has 0 amide bonds. The zero-order valence-electron chi connectivity index (χ0n) is 10.6. The van der Waals surface area contributed by atoms with E-state index in [0.717, 1.165) is 28.9 Å². The van der Waals surface area contributed by atoms with E-state index in [1.807, 2.05) is 19.1 Å². The highest BCUT2D eigenvalue weighted by Gasteiger charge is 2.01. The summed E-state index contributed by atoms with van der Waals surface area (Å²) < 4.78 is 5.40. The number of anilines is 1. The molecule has 4 nitrogen and oxygen atoms in total. The minimum atomic E-state index is 0.697. The molecule has 1 N–H and O–H groups in total. The van der Waals surface area contributed by atoms with Crippen molar-refractivity contribution in [3.8, 4) is 5.75 Å². The van der Waals surface area contributed by atoms with E-state index in [0.29, 0.717) is 6.61 Å². The lowest BCUT2D eigenvalue weighted by molar-refractivity contribution is 0.340. The van der Waals surface area contributed by atoms with Gasteiger partial charge in [-0.25, -0.2) is 0 Å². The largest absolute Gasteiger partial charge is 0.494 e. The van der Waals surface area contributed by atoms with Crippen molar-refractivity contribution in [1.82, 2.24) is 10.2 Å². The molecule has 1 heterocycles. The van der Waals surface area contributed by atoms with Crippen LogP contribution in [0, 0.1) is 0 Å². The third kappa shape index (κ3) is 3.43. The quantitative estimate of drug-likeness (QED) is 0.870. The number of aryl methyl sites for hydroxylation is 1. The second-order valence-electron chi connectivity index (χ2n) is 3.79. The summed E-state index contributed by atoms with van der Waals surface area (Å²) in [7, 11) is 0. The molecule has 5 heteroatoms. The molecule has 0 bridgehead atoms. The van der Waals surface area contributed by atoms with Gasteiger partial charge in [0, 0.05) is 6.54 Å². The van der Waals surface area contributed by atoms with E-state index in [4.69, 9.17) is 4.74 Å². The van der Waals surface area contributed by atoms with Gasteiger partial charge in [0.15, 0.2) is 0 Å². The van der Waals surface area contributed by atoms with Crippen molar-refractivity contribution in [3.05, 3.63) is 34.8 Å². The lowest BCUT2D eigenvalue weighted by Gasteiger charge is -2.05. The highest BCUT2D eigenvalue weighted by atomic mass is 32.1. The van der Waals surface area contributed by atoms with Crippen LogP contribution in [0.5, 0.6) is 5.75 Å². The van der Waals surface area contributed by atoms with E-state index in [1.165, 1.54) is 5.56 Å². The molecule has 0 spiro atoms. The molecule has 0 aliphatic rings. The molecule has 1 aromatic carbocycles. The molecule has 2 rings (SSSR count). The lowest BCUT2D eigenvalue weighted by Crippen LogP contribution is -1.99. The van der Waals surface area contributed by atoms with E-state index < -0.39 is 0 Å². The van der Waals surface area contributed by atoms with Gasteiger partial charge in [0.1, 0.15) is 10.8 Å². The maximum absolute atomic E-state index is 5.40. The molecular formula is C13H17N3OS. The molecule has 96 valence electrons. The number of hydrogen-bond acceptors (Lipinski definition) is 5. The molecule has 1 aromatic heterocycles. The summed E-state index contributed by atoms with van der Waals surface area (Å²) in [6.07, 6.45) is 0.933. The van der Waals surface area contributed by atoms with Gasteiger partial charge in [-0.05, 0) is 31.0 Å². The van der Waals surface area contributed by atoms with Crippen LogP contribution in [0.2, 0.25) is 0 Å². The standard InChI is InChI=1S/C13H17N3OS/c1-3-12-15-16-13(18-12)14-9-10-5-7-11(8-6-10)17-4-2/h5-8H,3-4,9H2,1-2H3,(H,14,16). The normalized spacial score (nSPS) is 10.3. The third-order valence-electron chi connectivity index (χ3n) is 2.45. The zero-order valence-corrected chi connectivity index (χ0v) is 11.5. The van der Waals surface area contributed by atoms with Gasteiger partial charge in [-0.2, -0.15) is 0 Å². The minimum Gasteiger partial charge on any atom is -0.494 e. The van der Waals surface area contributed by atoms with Crippen LogP contribution in [-0.2, 0) is 13.0 Å². The molecular weight excluding hydrogens is 246 g/mol. The van der Waals surface area contributed by atoms with Gasteiger partial charge >= 0.3 is 0 Å². The molecule has 0 fully saturated rings. The fraction of sp³-hybridized carbons (Fsp3) is 0.385. The topological polar surface area (TPSA) is 47.0 Å². The smallest absolute Gasteiger partial charge is 0.205 e. The van der Waals surface area contributed by atoms with Crippen molar-refractivity contribution in [1.29, 1.82) is 0 Å². The summed E-state index contributed by atoms with van der Waals surface area (Å²) in [4.78, 5) is 0. The van der Waals surface area contributed by atoms with Gasteiger partial charge in [-0.15, -0.1) is 10.2 Å². The molecule has 0 aliphatic heterocycles. The Hall–Kier alpha value is -1.62. The Balaban J connectivity index is 1.89. The number of ether oxygens (including phenoxy) is 1. The van der Waals surface area contributed by atoms with Crippen LogP contribution in [0.4, 0.5) is 5.13 Å². The monoisotopic (exact) mass is 263 g/mol. The van der Waals surface area contributed by atoms with Crippen molar-refractivity contribution in [2.24, 2.45) is 0 Å². The van der Waals surface area contributed by atoms with Gasteiger partial charge in [0.2, 0.25) is 5.13 Å². The predicted octanol–water partition coefficient (Wildman–Crippen LogP) is 3.11. The average molecular weight is 263 g/mol. The fourth-order valence-corrected chi connectivity index (χ4v) is 2.19. The SMILES string of the molecule is CCOc1ccc(CNc2nnc(CC)s2)cc1. The van der Waals surface area contributed by atoms with Gasteiger partial charge in [-0.3, -0.25) is 0 Å². The first-order chi connectivity index (χ1) is 8.81. The van der Waals surface area contributed by atoms with E-state index in [2.05, 4.69) is 34.6 Å². The highest BCUT2D eigenvalue weighted by Crippen LogP contribution is 2.17. The van der Waals surface area contributed by atoms with Crippen LogP contribution < -0.4 is 10.1 Å². The molecule has 0 saturated heterocycles. The average Bonchev–Trinajstić information content (AvgIpc) is 2.86. The first kappa shape index (κ1) is 12.8. The van der Waals surface area contributed by atoms with Crippen LogP contribution in [0.25, 0.3) is 0 Å². The van der Waals surface area contributed by atoms with E-state index in [-0.39, 0.29) is 0 Å². The van der Waals surface area contributed by atoms with Crippen LogP contribution >= 0.6 is 11.3 Å². The van der Waals surface area contributed by atoms with Gasteiger partial charge < -0.3 is 10.1 Å². The van der Waals surface area contributed by atoms with Crippen molar-refractivity contribution in [2.45, 2.75) is 26.8 Å². The van der Waals surface area contributed by atoms with Crippen LogP contribution in [0.1, 0.15) is 24.4 Å². The third-order valence-corrected chi connectivity index (χ3v) is 3.47. The molecule has 0 radical (unpaired) electrons.